The molecule has 1 rings (SSSR count). The van der Waals surface area contributed by atoms with Gasteiger partial charge in [-0.05, 0) is 25.0 Å². The number of carbonyl (C=O) groups is 2. The second-order valence-corrected chi connectivity index (χ2v) is 4.37. The number of rotatable bonds is 7. The molecule has 0 aromatic heterocycles. The molecule has 7 nitrogen and oxygen atoms in total. The molecule has 0 aliphatic rings. The van der Waals surface area contributed by atoms with Crippen LogP contribution in [-0.2, 0) is 32.2 Å². The molecular formula is C13H15NO6. The number of nitrogens with zero attached hydrogens (tertiary/aromatic N) is 1. The van der Waals surface area contributed by atoms with Crippen LogP contribution >= 0.6 is 0 Å². The van der Waals surface area contributed by atoms with Gasteiger partial charge in [0, 0.05) is 6.42 Å². The summed E-state index contributed by atoms with van der Waals surface area (Å²) in [7, 11) is 0. The lowest BCUT2D eigenvalue weighted by Crippen LogP contribution is -2.22. The summed E-state index contributed by atoms with van der Waals surface area (Å²) in [6, 6.07) is 6.41. The molecule has 0 radical (unpaired) electrons. The molecule has 0 fully saturated rings. The molecule has 0 saturated carbocycles. The van der Waals surface area contributed by atoms with Crippen molar-refractivity contribution in [3.8, 4) is 0 Å². The van der Waals surface area contributed by atoms with E-state index in [1.807, 2.05) is 0 Å². The van der Waals surface area contributed by atoms with Gasteiger partial charge in [-0.15, -0.1) is 10.1 Å². The van der Waals surface area contributed by atoms with Gasteiger partial charge in [0.05, 0.1) is 6.10 Å². The van der Waals surface area contributed by atoms with Crippen molar-refractivity contribution in [3.63, 3.8) is 0 Å². The Labute approximate surface area is 115 Å². The summed E-state index contributed by atoms with van der Waals surface area (Å²) in [5.41, 5.74) is 1.23. The van der Waals surface area contributed by atoms with Crippen LogP contribution in [-0.4, -0.2) is 22.9 Å². The fourth-order valence-electron chi connectivity index (χ4n) is 1.42. The van der Waals surface area contributed by atoms with Gasteiger partial charge in [0.1, 0.15) is 6.61 Å². The zero-order chi connectivity index (χ0) is 15.1. The van der Waals surface area contributed by atoms with Crippen LogP contribution in [0.2, 0.25) is 0 Å². The summed E-state index contributed by atoms with van der Waals surface area (Å²) in [5, 5.41) is 9.16. The summed E-state index contributed by atoms with van der Waals surface area (Å²) < 4.78 is 4.79. The average molecular weight is 281 g/mol. The Morgan fingerprint density at radius 2 is 1.75 bits per heavy atom. The van der Waals surface area contributed by atoms with Gasteiger partial charge in [-0.25, -0.2) is 4.79 Å². The smallest absolute Gasteiger partial charge is 0.375 e. The van der Waals surface area contributed by atoms with E-state index >= 15 is 0 Å². The Kier molecular flexibility index (Phi) is 5.64. The second kappa shape index (κ2) is 7.22. The third-order valence-corrected chi connectivity index (χ3v) is 2.29. The first-order valence-corrected chi connectivity index (χ1v) is 5.97. The molecule has 108 valence electrons. The lowest BCUT2D eigenvalue weighted by Gasteiger charge is -2.07. The van der Waals surface area contributed by atoms with Gasteiger partial charge < -0.3 is 9.57 Å². The highest BCUT2D eigenvalue weighted by Gasteiger charge is 2.17. The maximum absolute atomic E-state index is 11.6. The minimum absolute atomic E-state index is 0.0675. The summed E-state index contributed by atoms with van der Waals surface area (Å²) in [6.45, 7) is 3.17. The van der Waals surface area contributed by atoms with E-state index in [1.54, 1.807) is 38.1 Å². The predicted molar refractivity (Wildman–Crippen MR) is 68.2 cm³/mol. The molecule has 0 amide bonds. The van der Waals surface area contributed by atoms with E-state index in [9.17, 15) is 19.7 Å². The lowest BCUT2D eigenvalue weighted by atomic mass is 10.1. The molecule has 20 heavy (non-hydrogen) atoms. The molecule has 7 heteroatoms. The quantitative estimate of drug-likeness (QED) is 0.325. The van der Waals surface area contributed by atoms with Crippen LogP contribution in [0.25, 0.3) is 0 Å². The predicted octanol–water partition coefficient (Wildman–Crippen LogP) is 1.46. The van der Waals surface area contributed by atoms with E-state index < -0.39 is 16.8 Å². The van der Waals surface area contributed by atoms with Crippen LogP contribution in [0.3, 0.4) is 0 Å². The number of ketones is 1. The fourth-order valence-corrected chi connectivity index (χ4v) is 1.42. The highest BCUT2D eigenvalue weighted by Crippen LogP contribution is 2.07. The molecule has 0 N–H and O–H groups in total. The van der Waals surface area contributed by atoms with Crippen molar-refractivity contribution in [1.82, 2.24) is 0 Å². The molecule has 0 spiro atoms. The second-order valence-electron chi connectivity index (χ2n) is 4.37. The Morgan fingerprint density at radius 3 is 2.25 bits per heavy atom. The number of benzene rings is 1. The zero-order valence-corrected chi connectivity index (χ0v) is 11.2. The number of hydrogen-bond acceptors (Lipinski definition) is 6. The SMILES string of the molecule is CC(C)OC(=O)C(=O)Cc1ccc(CO[N+](=O)[O-])cc1. The maximum Gasteiger partial charge on any atom is 0.375 e. The van der Waals surface area contributed by atoms with Crippen molar-refractivity contribution in [2.24, 2.45) is 0 Å². The summed E-state index contributed by atoms with van der Waals surface area (Å²) in [5.74, 6) is -1.49. The number of ether oxygens (including phenoxy) is 1. The molecular weight excluding hydrogens is 266 g/mol. The highest BCUT2D eigenvalue weighted by molar-refractivity contribution is 6.34. The van der Waals surface area contributed by atoms with Crippen LogP contribution in [0, 0.1) is 10.1 Å². The van der Waals surface area contributed by atoms with E-state index in [4.69, 9.17) is 4.74 Å². The Morgan fingerprint density at radius 1 is 1.20 bits per heavy atom. The van der Waals surface area contributed by atoms with Gasteiger partial charge in [0.2, 0.25) is 5.78 Å². The number of Topliss-reactive ketones (excluding diaryl/α,β-unsaturated/α-hetero) is 1. The van der Waals surface area contributed by atoms with Gasteiger partial charge in [0.15, 0.2) is 0 Å². The van der Waals surface area contributed by atoms with E-state index in [0.29, 0.717) is 11.1 Å². The van der Waals surface area contributed by atoms with Gasteiger partial charge in [-0.3, -0.25) is 4.79 Å². The number of carbonyl (C=O) groups excluding carboxylic acids is 2. The van der Waals surface area contributed by atoms with Crippen molar-refractivity contribution in [2.75, 3.05) is 0 Å². The molecule has 0 aliphatic carbocycles. The minimum Gasteiger partial charge on any atom is -0.457 e. The normalized spacial score (nSPS) is 10.2. The molecule has 0 atom stereocenters. The van der Waals surface area contributed by atoms with Crippen molar-refractivity contribution in [2.45, 2.75) is 33.0 Å². The first-order chi connectivity index (χ1) is 9.38. The van der Waals surface area contributed by atoms with Crippen LogP contribution in [0.1, 0.15) is 25.0 Å². The van der Waals surface area contributed by atoms with Crippen LogP contribution < -0.4 is 0 Å². The lowest BCUT2D eigenvalue weighted by molar-refractivity contribution is -0.763. The standard InChI is InChI=1S/C13H15NO6/c1-9(2)20-13(16)12(15)7-10-3-5-11(6-4-10)8-19-14(17)18/h3-6,9H,7-8H2,1-2H3. The van der Waals surface area contributed by atoms with E-state index in [0.717, 1.165) is 0 Å². The van der Waals surface area contributed by atoms with Crippen LogP contribution in [0.5, 0.6) is 0 Å². The van der Waals surface area contributed by atoms with Crippen molar-refractivity contribution in [1.29, 1.82) is 0 Å². The molecule has 1 aromatic carbocycles. The van der Waals surface area contributed by atoms with Crippen molar-refractivity contribution < 1.29 is 24.3 Å². The average Bonchev–Trinajstić information content (AvgIpc) is 2.37. The van der Waals surface area contributed by atoms with E-state index in [-0.39, 0.29) is 19.1 Å². The molecule has 0 unspecified atom stereocenters. The Balaban J connectivity index is 2.54. The topological polar surface area (TPSA) is 95.7 Å². The molecule has 0 saturated heterocycles. The number of hydrogen-bond donors (Lipinski definition) is 0. The van der Waals surface area contributed by atoms with E-state index in [2.05, 4.69) is 4.84 Å². The molecule has 0 aliphatic heterocycles. The largest absolute Gasteiger partial charge is 0.457 e. The minimum atomic E-state index is -0.876. The van der Waals surface area contributed by atoms with Gasteiger partial charge in [0.25, 0.3) is 5.09 Å². The summed E-state index contributed by atoms with van der Waals surface area (Å²) in [4.78, 5) is 37.1. The van der Waals surface area contributed by atoms with Gasteiger partial charge in [-0.1, -0.05) is 24.3 Å². The molecule has 0 heterocycles. The summed E-state index contributed by atoms with van der Waals surface area (Å²) in [6.07, 6.45) is -0.407. The van der Waals surface area contributed by atoms with Crippen molar-refractivity contribution in [3.05, 3.63) is 45.5 Å². The van der Waals surface area contributed by atoms with Crippen LogP contribution in [0.4, 0.5) is 0 Å². The molecule has 0 bridgehead atoms. The first-order valence-electron chi connectivity index (χ1n) is 5.97. The molecule has 1 aromatic rings. The fraction of sp³-hybridized carbons (Fsp3) is 0.385. The third-order valence-electron chi connectivity index (χ3n) is 2.29. The monoisotopic (exact) mass is 281 g/mol. The Bertz CT molecular complexity index is 494. The van der Waals surface area contributed by atoms with Gasteiger partial charge in [-0.2, -0.15) is 0 Å². The first kappa shape index (κ1) is 15.6. The number of esters is 1. The maximum atomic E-state index is 11.6. The Hall–Kier alpha value is -2.44. The highest BCUT2D eigenvalue weighted by atomic mass is 16.9. The third kappa shape index (κ3) is 5.47. The summed E-state index contributed by atoms with van der Waals surface area (Å²) >= 11 is 0. The van der Waals surface area contributed by atoms with Gasteiger partial charge >= 0.3 is 5.97 Å². The van der Waals surface area contributed by atoms with Crippen LogP contribution in [0.15, 0.2) is 24.3 Å². The van der Waals surface area contributed by atoms with Crippen molar-refractivity contribution >= 4 is 11.8 Å². The van der Waals surface area contributed by atoms with E-state index in [1.165, 1.54) is 0 Å². The zero-order valence-electron chi connectivity index (χ0n) is 11.2.